The van der Waals surface area contributed by atoms with Crippen LogP contribution in [-0.4, -0.2) is 22.8 Å². The molecule has 0 heterocycles. The van der Waals surface area contributed by atoms with E-state index >= 15 is 0 Å². The predicted octanol–water partition coefficient (Wildman–Crippen LogP) is 3.49. The molecule has 4 heteroatoms. The summed E-state index contributed by atoms with van der Waals surface area (Å²) in [5.41, 5.74) is 1.17. The Bertz CT molecular complexity index is 646. The summed E-state index contributed by atoms with van der Waals surface area (Å²) in [4.78, 5) is 0. The summed E-state index contributed by atoms with van der Waals surface area (Å²) in [7, 11) is 0. The molecule has 0 aromatic heterocycles. The molecule has 1 aliphatic carbocycles. The Labute approximate surface area is 142 Å². The van der Waals surface area contributed by atoms with Crippen molar-refractivity contribution >= 4 is 0 Å². The van der Waals surface area contributed by atoms with Crippen molar-refractivity contribution in [2.45, 2.75) is 43.7 Å². The molecule has 0 bridgehead atoms. The van der Waals surface area contributed by atoms with Crippen molar-refractivity contribution in [2.24, 2.45) is 0 Å². The molecule has 3 nitrogen and oxygen atoms in total. The summed E-state index contributed by atoms with van der Waals surface area (Å²) in [6, 6.07) is 13.9. The van der Waals surface area contributed by atoms with Crippen LogP contribution in [0, 0.1) is 5.82 Å². The molecule has 0 aliphatic heterocycles. The number of phenolic OH excluding ortho intramolecular Hbond substituents is 1. The van der Waals surface area contributed by atoms with Crippen molar-refractivity contribution < 1.29 is 14.6 Å². The molecule has 1 saturated carbocycles. The molecule has 3 N–H and O–H groups in total. The molecule has 0 radical (unpaired) electrons. The van der Waals surface area contributed by atoms with E-state index in [1.165, 1.54) is 17.7 Å². The number of aromatic hydroxyl groups is 1. The number of nitrogens with one attached hydrogen (secondary N) is 1. The first-order chi connectivity index (χ1) is 11.5. The average molecular weight is 329 g/mol. The van der Waals surface area contributed by atoms with E-state index in [2.05, 4.69) is 5.32 Å². The zero-order valence-electron chi connectivity index (χ0n) is 13.7. The Morgan fingerprint density at radius 3 is 2.25 bits per heavy atom. The molecule has 3 rings (SSSR count). The van der Waals surface area contributed by atoms with E-state index < -0.39 is 5.60 Å². The average Bonchev–Trinajstić information content (AvgIpc) is 2.59. The lowest BCUT2D eigenvalue weighted by atomic mass is 9.78. The third-order valence-electron chi connectivity index (χ3n) is 4.98. The predicted molar refractivity (Wildman–Crippen MR) is 92.4 cm³/mol. The maximum atomic E-state index is 13.0. The minimum atomic E-state index is -0.831. The van der Waals surface area contributed by atoms with Crippen LogP contribution in [0.25, 0.3) is 0 Å². The highest BCUT2D eigenvalue weighted by molar-refractivity contribution is 5.26. The molecule has 0 saturated heterocycles. The highest BCUT2D eigenvalue weighted by atomic mass is 19.1. The van der Waals surface area contributed by atoms with Gasteiger partial charge in [0, 0.05) is 6.04 Å². The van der Waals surface area contributed by atoms with E-state index in [1.807, 2.05) is 12.1 Å². The van der Waals surface area contributed by atoms with Gasteiger partial charge in [0.15, 0.2) is 0 Å². The van der Waals surface area contributed by atoms with Crippen LogP contribution in [0.1, 0.15) is 36.8 Å². The van der Waals surface area contributed by atoms with Crippen LogP contribution < -0.4 is 5.32 Å². The summed E-state index contributed by atoms with van der Waals surface area (Å²) < 4.78 is 13.0. The second-order valence-corrected chi connectivity index (χ2v) is 6.68. The molecule has 128 valence electrons. The second-order valence-electron chi connectivity index (χ2n) is 6.68. The van der Waals surface area contributed by atoms with Gasteiger partial charge in [0.1, 0.15) is 11.6 Å². The van der Waals surface area contributed by atoms with Crippen molar-refractivity contribution in [2.75, 3.05) is 6.54 Å². The van der Waals surface area contributed by atoms with E-state index in [9.17, 15) is 14.6 Å². The van der Waals surface area contributed by atoms with E-state index in [-0.39, 0.29) is 5.82 Å². The summed E-state index contributed by atoms with van der Waals surface area (Å²) in [6.07, 6.45) is 4.11. The van der Waals surface area contributed by atoms with Crippen LogP contribution in [0.15, 0.2) is 48.5 Å². The Balaban J connectivity index is 1.46. The standard InChI is InChI=1S/C20H24FNO2/c21-17-5-3-16(4-6-17)20(24)12-9-18(10-13-20)22-14-11-15-1-7-19(23)8-2-15/h1-8,18,22-24H,9-14H2. The molecule has 0 amide bonds. The zero-order valence-corrected chi connectivity index (χ0v) is 13.7. The maximum absolute atomic E-state index is 13.0. The second kappa shape index (κ2) is 7.32. The van der Waals surface area contributed by atoms with Crippen LogP contribution in [0.2, 0.25) is 0 Å². The number of halogens is 1. The van der Waals surface area contributed by atoms with Gasteiger partial charge in [-0.15, -0.1) is 0 Å². The maximum Gasteiger partial charge on any atom is 0.123 e. The van der Waals surface area contributed by atoms with Gasteiger partial charge >= 0.3 is 0 Å². The summed E-state index contributed by atoms with van der Waals surface area (Å²) in [6.45, 7) is 0.879. The van der Waals surface area contributed by atoms with Crippen LogP contribution in [0.4, 0.5) is 4.39 Å². The van der Waals surface area contributed by atoms with Crippen LogP contribution in [0.3, 0.4) is 0 Å². The first-order valence-electron chi connectivity index (χ1n) is 8.55. The fourth-order valence-electron chi connectivity index (χ4n) is 3.43. The van der Waals surface area contributed by atoms with Gasteiger partial charge in [0.05, 0.1) is 5.60 Å². The lowest BCUT2D eigenvalue weighted by Gasteiger charge is -2.37. The number of aliphatic hydroxyl groups is 1. The van der Waals surface area contributed by atoms with E-state index in [4.69, 9.17) is 0 Å². The minimum Gasteiger partial charge on any atom is -0.508 e. The van der Waals surface area contributed by atoms with Gasteiger partial charge < -0.3 is 15.5 Å². The fourth-order valence-corrected chi connectivity index (χ4v) is 3.43. The number of hydrogen-bond acceptors (Lipinski definition) is 3. The van der Waals surface area contributed by atoms with Gasteiger partial charge in [-0.25, -0.2) is 4.39 Å². The van der Waals surface area contributed by atoms with Crippen LogP contribution in [0.5, 0.6) is 5.75 Å². The Hall–Kier alpha value is -1.91. The first kappa shape index (κ1) is 16.9. The molecule has 24 heavy (non-hydrogen) atoms. The van der Waals surface area contributed by atoms with Crippen molar-refractivity contribution in [3.8, 4) is 5.75 Å². The summed E-state index contributed by atoms with van der Waals surface area (Å²) >= 11 is 0. The van der Waals surface area contributed by atoms with E-state index in [0.29, 0.717) is 24.6 Å². The highest BCUT2D eigenvalue weighted by Gasteiger charge is 2.34. The monoisotopic (exact) mass is 329 g/mol. The Kier molecular flexibility index (Phi) is 5.17. The third kappa shape index (κ3) is 4.13. The van der Waals surface area contributed by atoms with Crippen molar-refractivity contribution in [1.29, 1.82) is 0 Å². The van der Waals surface area contributed by atoms with Crippen LogP contribution >= 0.6 is 0 Å². The number of rotatable bonds is 5. The lowest BCUT2D eigenvalue weighted by molar-refractivity contribution is -0.00829. The van der Waals surface area contributed by atoms with Gasteiger partial charge in [0.2, 0.25) is 0 Å². The quantitative estimate of drug-likeness (QED) is 0.787. The SMILES string of the molecule is Oc1ccc(CCNC2CCC(O)(c3ccc(F)cc3)CC2)cc1. The molecular weight excluding hydrogens is 305 g/mol. The molecular formula is C20H24FNO2. The molecule has 0 atom stereocenters. The van der Waals surface area contributed by atoms with E-state index in [1.54, 1.807) is 24.3 Å². The fraction of sp³-hybridized carbons (Fsp3) is 0.400. The number of phenols is 1. The van der Waals surface area contributed by atoms with Crippen LogP contribution in [-0.2, 0) is 12.0 Å². The van der Waals surface area contributed by atoms with Crippen molar-refractivity contribution in [3.63, 3.8) is 0 Å². The van der Waals surface area contributed by atoms with Gasteiger partial charge in [-0.3, -0.25) is 0 Å². The van der Waals surface area contributed by atoms with Crippen molar-refractivity contribution in [3.05, 3.63) is 65.5 Å². The zero-order chi connectivity index (χ0) is 17.0. The normalized spacial score (nSPS) is 24.0. The molecule has 1 fully saturated rings. The Morgan fingerprint density at radius 2 is 1.62 bits per heavy atom. The third-order valence-corrected chi connectivity index (χ3v) is 4.98. The summed E-state index contributed by atoms with van der Waals surface area (Å²) in [5.74, 6) is 0.0194. The topological polar surface area (TPSA) is 52.5 Å². The van der Waals surface area contributed by atoms with Gasteiger partial charge in [-0.2, -0.15) is 0 Å². The molecule has 2 aromatic carbocycles. The smallest absolute Gasteiger partial charge is 0.123 e. The number of hydrogen-bond donors (Lipinski definition) is 3. The molecule has 0 spiro atoms. The summed E-state index contributed by atoms with van der Waals surface area (Å²) in [5, 5.41) is 23.6. The lowest BCUT2D eigenvalue weighted by Crippen LogP contribution is -2.40. The van der Waals surface area contributed by atoms with Gasteiger partial charge in [0.25, 0.3) is 0 Å². The Morgan fingerprint density at radius 1 is 1.00 bits per heavy atom. The van der Waals surface area contributed by atoms with Gasteiger partial charge in [-0.05, 0) is 74.0 Å². The van der Waals surface area contributed by atoms with Gasteiger partial charge in [-0.1, -0.05) is 24.3 Å². The number of benzene rings is 2. The first-order valence-corrected chi connectivity index (χ1v) is 8.55. The van der Waals surface area contributed by atoms with Crippen molar-refractivity contribution in [1.82, 2.24) is 5.32 Å². The van der Waals surface area contributed by atoms with E-state index in [0.717, 1.165) is 31.4 Å². The highest BCUT2D eigenvalue weighted by Crippen LogP contribution is 2.37. The largest absolute Gasteiger partial charge is 0.508 e. The minimum absolute atomic E-state index is 0.271. The molecule has 1 aliphatic rings. The molecule has 0 unspecified atom stereocenters. The molecule has 2 aromatic rings.